The normalized spacial score (nSPS) is 17.0. The van der Waals surface area contributed by atoms with E-state index in [2.05, 4.69) is 15.0 Å². The summed E-state index contributed by atoms with van der Waals surface area (Å²) in [5.41, 5.74) is -1.56. The summed E-state index contributed by atoms with van der Waals surface area (Å²) in [5, 5.41) is 22.8. The van der Waals surface area contributed by atoms with Gasteiger partial charge in [0.05, 0.1) is 0 Å². The minimum absolute atomic E-state index is 0.191. The number of carbonyl (C=O) groups is 2. The van der Waals surface area contributed by atoms with Crippen molar-refractivity contribution in [2.75, 3.05) is 13.1 Å². The Morgan fingerprint density at radius 3 is 1.33 bits per heavy atom. The summed E-state index contributed by atoms with van der Waals surface area (Å²) in [4.78, 5) is 32.9. The van der Waals surface area contributed by atoms with E-state index in [1.807, 2.05) is 0 Å². The van der Waals surface area contributed by atoms with Crippen LogP contribution in [0.2, 0.25) is 0 Å². The number of carbonyl (C=O) groups excluding carboxylic acids is 2. The van der Waals surface area contributed by atoms with Gasteiger partial charge in [-0.2, -0.15) is 0 Å². The van der Waals surface area contributed by atoms with Crippen LogP contribution in [0, 0.1) is 0 Å². The third kappa shape index (κ3) is 10.5. The Labute approximate surface area is 159 Å². The van der Waals surface area contributed by atoms with Crippen LogP contribution in [0.25, 0.3) is 0 Å². The highest BCUT2D eigenvalue weighted by Crippen LogP contribution is 2.12. The van der Waals surface area contributed by atoms with E-state index in [0.29, 0.717) is 0 Å². The van der Waals surface area contributed by atoms with Crippen molar-refractivity contribution < 1.29 is 39.0 Å². The molecule has 0 aromatic rings. The number of aliphatic hydroxyl groups is 2. The summed E-state index contributed by atoms with van der Waals surface area (Å²) in [6, 6.07) is 0. The van der Waals surface area contributed by atoms with Crippen molar-refractivity contribution in [2.24, 2.45) is 11.8 Å². The van der Waals surface area contributed by atoms with Gasteiger partial charge in [-0.15, -0.1) is 0 Å². The highest BCUT2D eigenvalue weighted by atomic mass is 16.7. The molecule has 7 N–H and O–H groups in total. The fraction of sp³-hybridized carbons (Fsp3) is 0.875. The van der Waals surface area contributed by atoms with Gasteiger partial charge in [-0.25, -0.2) is 21.4 Å². The van der Waals surface area contributed by atoms with Crippen molar-refractivity contribution >= 4 is 11.9 Å². The third-order valence-corrected chi connectivity index (χ3v) is 2.98. The maximum absolute atomic E-state index is 11.9. The molecule has 0 aromatic carbocycles. The van der Waals surface area contributed by atoms with Crippen molar-refractivity contribution in [3.8, 4) is 0 Å². The summed E-state index contributed by atoms with van der Waals surface area (Å²) in [7, 11) is 0. The second-order valence-corrected chi connectivity index (χ2v) is 7.97. The van der Waals surface area contributed by atoms with Gasteiger partial charge in [-0.3, -0.25) is 9.68 Å². The molecule has 0 rings (SSSR count). The molecule has 11 heteroatoms. The molecule has 0 saturated heterocycles. The van der Waals surface area contributed by atoms with E-state index >= 15 is 0 Å². The minimum Gasteiger partial charge on any atom is -0.458 e. The second-order valence-electron chi connectivity index (χ2n) is 7.97. The van der Waals surface area contributed by atoms with Gasteiger partial charge in [-0.1, -0.05) is 0 Å². The molecule has 0 heterocycles. The van der Waals surface area contributed by atoms with Crippen LogP contribution in [-0.4, -0.2) is 70.9 Å². The average molecular weight is 395 g/mol. The number of nitrogens with two attached hydrogens (primary N) is 2. The zero-order valence-electron chi connectivity index (χ0n) is 16.7. The molecule has 0 aliphatic rings. The standard InChI is InChI=1S/C16H33N3O8/c1-15(2,3)24-13(22)11(26-17)9(20)7-19-8-10(21)12(27-18)14(23)25-16(4,5)6/h9-12,19-21H,7-8,17-18H2,1-6H3. The first-order valence-electron chi connectivity index (χ1n) is 8.45. The highest BCUT2D eigenvalue weighted by Gasteiger charge is 2.34. The molecule has 11 nitrogen and oxygen atoms in total. The second kappa shape index (κ2) is 10.9. The fourth-order valence-electron chi connectivity index (χ4n) is 1.92. The van der Waals surface area contributed by atoms with Gasteiger partial charge in [0.2, 0.25) is 12.2 Å². The van der Waals surface area contributed by atoms with Gasteiger partial charge in [0.1, 0.15) is 23.4 Å². The van der Waals surface area contributed by atoms with E-state index in [-0.39, 0.29) is 13.1 Å². The van der Waals surface area contributed by atoms with E-state index in [1.54, 1.807) is 41.5 Å². The van der Waals surface area contributed by atoms with Crippen molar-refractivity contribution in [3.63, 3.8) is 0 Å². The Bertz CT molecular complexity index is 433. The fourth-order valence-corrected chi connectivity index (χ4v) is 1.92. The molecule has 0 fully saturated rings. The van der Waals surface area contributed by atoms with Crippen LogP contribution in [0.3, 0.4) is 0 Å². The van der Waals surface area contributed by atoms with E-state index in [9.17, 15) is 19.8 Å². The van der Waals surface area contributed by atoms with Gasteiger partial charge >= 0.3 is 11.9 Å². The SMILES string of the molecule is CC(C)(C)OC(=O)C(ON)C(O)CNCC(O)C(ON)C(=O)OC(C)(C)C. The van der Waals surface area contributed by atoms with E-state index < -0.39 is 47.6 Å². The molecule has 0 amide bonds. The number of nitrogens with one attached hydrogen (secondary N) is 1. The Morgan fingerprint density at radius 1 is 0.815 bits per heavy atom. The molecule has 160 valence electrons. The zero-order valence-corrected chi connectivity index (χ0v) is 16.7. The topological polar surface area (TPSA) is 176 Å². The highest BCUT2D eigenvalue weighted by molar-refractivity contribution is 5.76. The number of aliphatic hydroxyl groups excluding tert-OH is 2. The molecule has 0 bridgehead atoms. The lowest BCUT2D eigenvalue weighted by Crippen LogP contribution is -2.50. The van der Waals surface area contributed by atoms with Gasteiger partial charge in [0.25, 0.3) is 0 Å². The maximum atomic E-state index is 11.9. The van der Waals surface area contributed by atoms with Crippen molar-refractivity contribution in [2.45, 2.75) is 77.2 Å². The van der Waals surface area contributed by atoms with Crippen molar-refractivity contribution in [1.82, 2.24) is 5.32 Å². The largest absolute Gasteiger partial charge is 0.458 e. The zero-order chi connectivity index (χ0) is 21.4. The monoisotopic (exact) mass is 395 g/mol. The molecule has 4 unspecified atom stereocenters. The molecule has 0 aromatic heterocycles. The van der Waals surface area contributed by atoms with E-state index in [1.165, 1.54) is 0 Å². The summed E-state index contributed by atoms with van der Waals surface area (Å²) in [5.74, 6) is 8.44. The lowest BCUT2D eigenvalue weighted by molar-refractivity contribution is -0.176. The van der Waals surface area contributed by atoms with Gasteiger partial charge < -0.3 is 25.0 Å². The quantitative estimate of drug-likeness (QED) is 0.215. The first kappa shape index (κ1) is 25.7. The number of hydrogen-bond donors (Lipinski definition) is 5. The first-order valence-corrected chi connectivity index (χ1v) is 8.45. The molecule has 27 heavy (non-hydrogen) atoms. The Hall–Kier alpha value is -1.34. The molecular formula is C16H33N3O8. The third-order valence-electron chi connectivity index (χ3n) is 2.98. The van der Waals surface area contributed by atoms with E-state index in [4.69, 9.17) is 21.3 Å². The summed E-state index contributed by atoms with van der Waals surface area (Å²) >= 11 is 0. The smallest absolute Gasteiger partial charge is 0.340 e. The predicted molar refractivity (Wildman–Crippen MR) is 94.7 cm³/mol. The Morgan fingerprint density at radius 2 is 1.11 bits per heavy atom. The van der Waals surface area contributed by atoms with Crippen molar-refractivity contribution in [3.05, 3.63) is 0 Å². The molecular weight excluding hydrogens is 362 g/mol. The predicted octanol–water partition coefficient (Wildman–Crippen LogP) is -1.50. The average Bonchev–Trinajstić information content (AvgIpc) is 2.44. The number of hydrogen-bond acceptors (Lipinski definition) is 11. The molecule has 0 aliphatic heterocycles. The summed E-state index contributed by atoms with van der Waals surface area (Å²) in [6.45, 7) is 9.55. The van der Waals surface area contributed by atoms with Gasteiger partial charge in [-0.05, 0) is 41.5 Å². The van der Waals surface area contributed by atoms with Crippen LogP contribution in [0.1, 0.15) is 41.5 Å². The van der Waals surface area contributed by atoms with Crippen LogP contribution >= 0.6 is 0 Å². The maximum Gasteiger partial charge on any atom is 0.340 e. The van der Waals surface area contributed by atoms with Crippen LogP contribution in [0.4, 0.5) is 0 Å². The number of ether oxygens (including phenoxy) is 2. The molecule has 0 spiro atoms. The Balaban J connectivity index is 4.60. The summed E-state index contributed by atoms with van der Waals surface area (Å²) in [6.07, 6.45) is -5.59. The molecule has 0 saturated carbocycles. The van der Waals surface area contributed by atoms with E-state index in [0.717, 1.165) is 0 Å². The Kier molecular flexibility index (Phi) is 10.3. The van der Waals surface area contributed by atoms with Crippen LogP contribution in [-0.2, 0) is 28.7 Å². The molecule has 0 aliphatic carbocycles. The number of esters is 2. The number of rotatable bonds is 10. The summed E-state index contributed by atoms with van der Waals surface area (Å²) < 4.78 is 10.2. The van der Waals surface area contributed by atoms with Crippen LogP contribution < -0.4 is 17.1 Å². The van der Waals surface area contributed by atoms with Gasteiger partial charge in [0, 0.05) is 13.1 Å². The molecule has 0 radical (unpaired) electrons. The molecule has 4 atom stereocenters. The lowest BCUT2D eigenvalue weighted by Gasteiger charge is -2.27. The lowest BCUT2D eigenvalue weighted by atomic mass is 10.1. The van der Waals surface area contributed by atoms with Crippen molar-refractivity contribution in [1.29, 1.82) is 0 Å². The van der Waals surface area contributed by atoms with Crippen LogP contribution in [0.5, 0.6) is 0 Å². The van der Waals surface area contributed by atoms with Gasteiger partial charge in [0.15, 0.2) is 0 Å². The minimum atomic E-state index is -1.43. The first-order chi connectivity index (χ1) is 12.2. The van der Waals surface area contributed by atoms with Crippen LogP contribution in [0.15, 0.2) is 0 Å².